The molecule has 1 N–H and O–H groups in total. The minimum absolute atomic E-state index is 0.299. The van der Waals surface area contributed by atoms with E-state index in [1.807, 2.05) is 0 Å². The summed E-state index contributed by atoms with van der Waals surface area (Å²) >= 11 is 0. The van der Waals surface area contributed by atoms with Gasteiger partial charge in [0.2, 0.25) is 0 Å². The summed E-state index contributed by atoms with van der Waals surface area (Å²) in [4.78, 5) is 0. The minimum atomic E-state index is 0.299. The summed E-state index contributed by atoms with van der Waals surface area (Å²) in [6, 6.07) is 8.80. The van der Waals surface area contributed by atoms with Gasteiger partial charge in [0, 0.05) is 5.92 Å². The van der Waals surface area contributed by atoms with Crippen LogP contribution in [-0.4, -0.2) is 11.7 Å². The predicted octanol–water partition coefficient (Wildman–Crippen LogP) is 3.61. The van der Waals surface area contributed by atoms with Crippen LogP contribution in [0, 0.1) is 11.3 Å². The first-order valence-electron chi connectivity index (χ1n) is 7.13. The van der Waals surface area contributed by atoms with Gasteiger partial charge in [0.25, 0.3) is 0 Å². The zero-order valence-corrected chi connectivity index (χ0v) is 10.7. The van der Waals surface area contributed by atoms with Crippen LogP contribution in [0.15, 0.2) is 36.4 Å². The van der Waals surface area contributed by atoms with Crippen molar-refractivity contribution in [2.75, 3.05) is 6.61 Å². The Kier molecular flexibility index (Phi) is 2.09. The largest absolute Gasteiger partial charge is 0.396 e. The normalized spacial score (nSPS) is 40.7. The number of hydrogen-bond acceptors (Lipinski definition) is 1. The van der Waals surface area contributed by atoms with Crippen LogP contribution in [0.5, 0.6) is 0 Å². The van der Waals surface area contributed by atoms with Crippen LogP contribution in [0.1, 0.15) is 48.6 Å². The molecule has 0 aliphatic heterocycles. The fourth-order valence-corrected chi connectivity index (χ4v) is 5.18. The van der Waals surface area contributed by atoms with Crippen molar-refractivity contribution < 1.29 is 5.11 Å². The zero-order chi connectivity index (χ0) is 12.3. The van der Waals surface area contributed by atoms with Gasteiger partial charge in [-0.15, -0.1) is 0 Å². The number of benzene rings is 1. The van der Waals surface area contributed by atoms with E-state index in [1.165, 1.54) is 36.0 Å². The Bertz CT molecular complexity index is 491. The average molecular weight is 240 g/mol. The molecule has 1 heteroatoms. The maximum atomic E-state index is 9.92. The first-order chi connectivity index (χ1) is 8.76. The van der Waals surface area contributed by atoms with Crippen LogP contribution in [0.3, 0.4) is 0 Å². The lowest BCUT2D eigenvalue weighted by molar-refractivity contribution is 0.107. The van der Waals surface area contributed by atoms with Crippen molar-refractivity contribution in [3.63, 3.8) is 0 Å². The molecule has 18 heavy (non-hydrogen) atoms. The van der Waals surface area contributed by atoms with Gasteiger partial charge in [-0.25, -0.2) is 0 Å². The molecule has 2 saturated carbocycles. The van der Waals surface area contributed by atoms with Crippen molar-refractivity contribution >= 4 is 0 Å². The third kappa shape index (κ3) is 1.11. The van der Waals surface area contributed by atoms with E-state index in [1.54, 1.807) is 0 Å². The highest BCUT2D eigenvalue weighted by Gasteiger charge is 2.58. The van der Waals surface area contributed by atoms with E-state index in [-0.39, 0.29) is 0 Å². The zero-order valence-electron chi connectivity index (χ0n) is 10.7. The first kappa shape index (κ1) is 10.8. The Balaban J connectivity index is 1.90. The molecule has 0 heterocycles. The molecule has 3 aliphatic carbocycles. The predicted molar refractivity (Wildman–Crippen MR) is 72.5 cm³/mol. The van der Waals surface area contributed by atoms with Gasteiger partial charge in [-0.2, -0.15) is 0 Å². The van der Waals surface area contributed by atoms with E-state index in [2.05, 4.69) is 30.8 Å². The first-order valence-corrected chi connectivity index (χ1v) is 7.13. The van der Waals surface area contributed by atoms with E-state index in [0.29, 0.717) is 23.9 Å². The van der Waals surface area contributed by atoms with E-state index < -0.39 is 0 Å². The van der Waals surface area contributed by atoms with Crippen molar-refractivity contribution in [3.8, 4) is 0 Å². The molecule has 0 aromatic heterocycles. The fraction of sp³-hybridized carbons (Fsp3) is 0.529. The number of hydrogen-bond donors (Lipinski definition) is 1. The van der Waals surface area contributed by atoms with Gasteiger partial charge in [-0.1, -0.05) is 36.4 Å². The molecule has 1 nitrogen and oxygen atoms in total. The molecule has 3 aliphatic rings. The minimum Gasteiger partial charge on any atom is -0.396 e. The Morgan fingerprint density at radius 1 is 1.22 bits per heavy atom. The van der Waals surface area contributed by atoms with E-state index in [0.717, 1.165) is 12.3 Å². The van der Waals surface area contributed by atoms with E-state index >= 15 is 0 Å². The van der Waals surface area contributed by atoms with Crippen molar-refractivity contribution in [3.05, 3.63) is 47.5 Å². The molecule has 94 valence electrons. The number of fused-ring (bicyclic) bond motifs is 3. The highest BCUT2D eigenvalue weighted by molar-refractivity contribution is 5.46. The molecule has 1 aromatic carbocycles. The van der Waals surface area contributed by atoms with Crippen LogP contribution in [-0.2, 0) is 0 Å². The lowest BCUT2D eigenvalue weighted by Gasteiger charge is -2.39. The Labute approximate surface area is 109 Å². The highest BCUT2D eigenvalue weighted by atomic mass is 16.3. The topological polar surface area (TPSA) is 20.2 Å². The van der Waals surface area contributed by atoms with Crippen LogP contribution >= 0.6 is 0 Å². The molecule has 2 fully saturated rings. The van der Waals surface area contributed by atoms with Gasteiger partial charge in [0.05, 0.1) is 6.61 Å². The molecule has 1 aromatic rings. The quantitative estimate of drug-likeness (QED) is 0.743. The van der Waals surface area contributed by atoms with E-state index in [9.17, 15) is 5.11 Å². The van der Waals surface area contributed by atoms with Gasteiger partial charge in [-0.05, 0) is 54.1 Å². The van der Waals surface area contributed by atoms with Crippen LogP contribution in [0.2, 0.25) is 0 Å². The monoisotopic (exact) mass is 240 g/mol. The molecule has 4 unspecified atom stereocenters. The molecule has 0 saturated heterocycles. The highest BCUT2D eigenvalue weighted by Crippen LogP contribution is 2.69. The summed E-state index contributed by atoms with van der Waals surface area (Å²) in [5, 5.41) is 9.92. The molecule has 0 amide bonds. The van der Waals surface area contributed by atoms with Gasteiger partial charge in [0.15, 0.2) is 0 Å². The van der Waals surface area contributed by atoms with Crippen molar-refractivity contribution in [2.45, 2.75) is 37.5 Å². The molecule has 2 bridgehead atoms. The second kappa shape index (κ2) is 3.48. The summed E-state index contributed by atoms with van der Waals surface area (Å²) in [5.41, 5.74) is 4.69. The summed E-state index contributed by atoms with van der Waals surface area (Å²) in [6.07, 6.45) is 4.99. The van der Waals surface area contributed by atoms with Crippen LogP contribution < -0.4 is 0 Å². The molecule has 1 spiro atoms. The van der Waals surface area contributed by atoms with Crippen molar-refractivity contribution in [2.24, 2.45) is 11.3 Å². The summed E-state index contributed by atoms with van der Waals surface area (Å²) in [6.45, 7) is 4.60. The van der Waals surface area contributed by atoms with Crippen LogP contribution in [0.4, 0.5) is 0 Å². The average Bonchev–Trinajstić information content (AvgIpc) is 2.80. The summed E-state index contributed by atoms with van der Waals surface area (Å²) in [5.74, 6) is 1.74. The Morgan fingerprint density at radius 2 is 2.00 bits per heavy atom. The number of rotatable bonds is 1. The SMILES string of the molecule is C=C1CC23CC1CCC2c1ccccc1C3CO. The van der Waals surface area contributed by atoms with E-state index in [4.69, 9.17) is 0 Å². The van der Waals surface area contributed by atoms with Gasteiger partial charge in [0.1, 0.15) is 0 Å². The standard InChI is InChI=1S/C17H20O/c1-11-8-17-9-12(11)6-7-15(17)13-4-2-3-5-14(13)16(17)10-18/h2-5,12,15-16,18H,1,6-10H2. The fourth-order valence-electron chi connectivity index (χ4n) is 5.18. The summed E-state index contributed by atoms with van der Waals surface area (Å²) < 4.78 is 0. The van der Waals surface area contributed by atoms with Crippen LogP contribution in [0.25, 0.3) is 0 Å². The lowest BCUT2D eigenvalue weighted by Crippen LogP contribution is -2.31. The number of allylic oxidation sites excluding steroid dienone is 1. The third-order valence-electron chi connectivity index (χ3n) is 5.88. The van der Waals surface area contributed by atoms with Crippen molar-refractivity contribution in [1.29, 1.82) is 0 Å². The third-order valence-corrected chi connectivity index (χ3v) is 5.88. The molecule has 4 atom stereocenters. The Morgan fingerprint density at radius 3 is 2.78 bits per heavy atom. The Hall–Kier alpha value is -1.08. The summed E-state index contributed by atoms with van der Waals surface area (Å²) in [7, 11) is 0. The smallest absolute Gasteiger partial charge is 0.0505 e. The maximum Gasteiger partial charge on any atom is 0.0505 e. The molecule has 0 radical (unpaired) electrons. The molecule has 4 rings (SSSR count). The van der Waals surface area contributed by atoms with Gasteiger partial charge in [-0.3, -0.25) is 0 Å². The number of aliphatic hydroxyl groups excluding tert-OH is 1. The van der Waals surface area contributed by atoms with Crippen molar-refractivity contribution in [1.82, 2.24) is 0 Å². The second-order valence-corrected chi connectivity index (χ2v) is 6.46. The molecular formula is C17H20O. The lowest BCUT2D eigenvalue weighted by atomic mass is 9.64. The number of aliphatic hydroxyl groups is 1. The van der Waals surface area contributed by atoms with Gasteiger partial charge < -0.3 is 5.11 Å². The van der Waals surface area contributed by atoms with Gasteiger partial charge >= 0.3 is 0 Å². The maximum absolute atomic E-state index is 9.92. The second-order valence-electron chi connectivity index (χ2n) is 6.46. The molecular weight excluding hydrogens is 220 g/mol.